The second-order valence-corrected chi connectivity index (χ2v) is 7.86. The first-order valence-electron chi connectivity index (χ1n) is 10.7. The van der Waals surface area contributed by atoms with Crippen LogP contribution < -0.4 is 19.8 Å². The molecule has 3 aromatic rings. The van der Waals surface area contributed by atoms with Crippen LogP contribution in [0.5, 0.6) is 17.2 Å². The quantitative estimate of drug-likeness (QED) is 0.624. The average molecular weight is 427 g/mol. The predicted octanol–water partition coefficient (Wildman–Crippen LogP) is 3.34. The van der Waals surface area contributed by atoms with Crippen molar-refractivity contribution < 1.29 is 14.2 Å². The van der Waals surface area contributed by atoms with Gasteiger partial charge >= 0.3 is 0 Å². The number of nitrogens with zero attached hydrogens (tertiary/aromatic N) is 3. The van der Waals surface area contributed by atoms with Crippen molar-refractivity contribution in [1.82, 2.24) is 19.5 Å². The molecule has 0 bridgehead atoms. The van der Waals surface area contributed by atoms with Gasteiger partial charge in [-0.05, 0) is 43.5 Å². The monoisotopic (exact) mass is 426 g/mol. The maximum atomic E-state index is 12.5. The van der Waals surface area contributed by atoms with E-state index >= 15 is 0 Å². The molecule has 1 aliphatic heterocycles. The van der Waals surface area contributed by atoms with Gasteiger partial charge in [-0.3, -0.25) is 14.8 Å². The summed E-state index contributed by atoms with van der Waals surface area (Å²) in [5.41, 5.74) is 3.53. The lowest BCUT2D eigenvalue weighted by atomic mass is 9.98. The number of H-pyrrole nitrogens is 1. The highest BCUT2D eigenvalue weighted by molar-refractivity contribution is 5.53. The number of piperidine rings is 1. The molecule has 166 valence electrons. The number of fused-ring (bicyclic) bond motifs is 1. The number of hydrogen-bond donors (Lipinski definition) is 1. The Kier molecular flexibility index (Phi) is 6.18. The summed E-state index contributed by atoms with van der Waals surface area (Å²) in [5, 5.41) is 3.29. The topological polar surface area (TPSA) is 81.1 Å². The molecule has 8 nitrogen and oxygen atoms in total. The third kappa shape index (κ3) is 4.12. The van der Waals surface area contributed by atoms with Crippen LogP contribution in [0, 0.1) is 0 Å². The van der Waals surface area contributed by atoms with E-state index in [1.807, 2.05) is 25.1 Å². The summed E-state index contributed by atoms with van der Waals surface area (Å²) in [5.74, 6) is 1.90. The fourth-order valence-electron chi connectivity index (χ4n) is 4.40. The summed E-state index contributed by atoms with van der Waals surface area (Å²) in [6.07, 6.45) is 4.04. The number of ether oxygens (including phenoxy) is 3. The Hall–Kier alpha value is -3.00. The molecule has 0 radical (unpaired) electrons. The molecule has 4 rings (SSSR count). The van der Waals surface area contributed by atoms with Crippen LogP contribution in [0.15, 0.2) is 29.1 Å². The molecule has 2 aromatic heterocycles. The van der Waals surface area contributed by atoms with E-state index in [1.54, 1.807) is 31.9 Å². The van der Waals surface area contributed by atoms with E-state index < -0.39 is 0 Å². The average Bonchev–Trinajstić information content (AvgIpc) is 3.23. The highest BCUT2D eigenvalue weighted by Crippen LogP contribution is 2.39. The Labute approximate surface area is 181 Å². The van der Waals surface area contributed by atoms with Gasteiger partial charge in [0.2, 0.25) is 5.75 Å². The van der Waals surface area contributed by atoms with Crippen molar-refractivity contribution in [3.63, 3.8) is 0 Å². The summed E-state index contributed by atoms with van der Waals surface area (Å²) < 4.78 is 18.0. The van der Waals surface area contributed by atoms with E-state index in [9.17, 15) is 4.79 Å². The normalized spacial score (nSPS) is 17.1. The van der Waals surface area contributed by atoms with E-state index in [-0.39, 0.29) is 11.6 Å². The minimum Gasteiger partial charge on any atom is -0.493 e. The summed E-state index contributed by atoms with van der Waals surface area (Å²) in [4.78, 5) is 19.5. The third-order valence-electron chi connectivity index (χ3n) is 5.97. The zero-order chi connectivity index (χ0) is 22.0. The fraction of sp³-hybridized carbons (Fsp3) is 0.478. The lowest BCUT2D eigenvalue weighted by molar-refractivity contribution is 0.136. The predicted molar refractivity (Wildman–Crippen MR) is 118 cm³/mol. The van der Waals surface area contributed by atoms with Gasteiger partial charge < -0.3 is 14.2 Å². The Morgan fingerprint density at radius 3 is 2.45 bits per heavy atom. The van der Waals surface area contributed by atoms with Crippen LogP contribution in [0.25, 0.3) is 5.65 Å². The van der Waals surface area contributed by atoms with Gasteiger partial charge in [0, 0.05) is 24.4 Å². The number of nitrogens with one attached hydrogen (secondary N) is 1. The second kappa shape index (κ2) is 9.01. The molecule has 1 atom stereocenters. The van der Waals surface area contributed by atoms with Crippen LogP contribution in [-0.2, 0) is 13.0 Å². The highest BCUT2D eigenvalue weighted by Gasteiger charge is 2.27. The van der Waals surface area contributed by atoms with E-state index in [4.69, 9.17) is 14.2 Å². The molecular weight excluding hydrogens is 396 g/mol. The second-order valence-electron chi connectivity index (χ2n) is 7.86. The molecule has 1 aromatic carbocycles. The number of likely N-dealkylation sites (tertiary alicyclic amines) is 1. The molecule has 31 heavy (non-hydrogen) atoms. The molecule has 0 amide bonds. The van der Waals surface area contributed by atoms with Gasteiger partial charge in [-0.1, -0.05) is 13.3 Å². The first-order valence-corrected chi connectivity index (χ1v) is 10.7. The molecule has 8 heteroatoms. The van der Waals surface area contributed by atoms with E-state index in [2.05, 4.69) is 15.0 Å². The summed E-state index contributed by atoms with van der Waals surface area (Å²) in [7, 11) is 4.87. The molecule has 1 saturated heterocycles. The van der Waals surface area contributed by atoms with Gasteiger partial charge in [0.05, 0.1) is 33.1 Å². The van der Waals surface area contributed by atoms with Crippen LogP contribution in [0.2, 0.25) is 0 Å². The number of rotatable bonds is 7. The SMILES string of the molecule is CCc1cc(=O)n2[nH]c(C3CCCCN3Cc3cc(OC)c(OC)c(OC)c3)cc2n1. The Morgan fingerprint density at radius 1 is 1.06 bits per heavy atom. The molecular formula is C23H30N4O4. The molecule has 3 heterocycles. The third-order valence-corrected chi connectivity index (χ3v) is 5.97. The van der Waals surface area contributed by atoms with Crippen molar-refractivity contribution in [3.05, 3.63) is 51.6 Å². The molecule has 1 unspecified atom stereocenters. The summed E-state index contributed by atoms with van der Waals surface area (Å²) in [6, 6.07) is 7.79. The lowest BCUT2D eigenvalue weighted by Crippen LogP contribution is -2.33. The molecule has 1 fully saturated rings. The zero-order valence-electron chi connectivity index (χ0n) is 18.6. The number of benzene rings is 1. The van der Waals surface area contributed by atoms with Crippen molar-refractivity contribution in [2.24, 2.45) is 0 Å². The molecule has 1 N–H and O–H groups in total. The summed E-state index contributed by atoms with van der Waals surface area (Å²) >= 11 is 0. The molecule has 0 aliphatic carbocycles. The van der Waals surface area contributed by atoms with Gasteiger partial charge in [0.1, 0.15) is 0 Å². The fourth-order valence-corrected chi connectivity index (χ4v) is 4.40. The van der Waals surface area contributed by atoms with Crippen molar-refractivity contribution in [1.29, 1.82) is 0 Å². The van der Waals surface area contributed by atoms with Crippen molar-refractivity contribution in [3.8, 4) is 17.2 Å². The number of hydrogen-bond acceptors (Lipinski definition) is 6. The van der Waals surface area contributed by atoms with Crippen LogP contribution in [0.1, 0.15) is 49.2 Å². The van der Waals surface area contributed by atoms with Crippen molar-refractivity contribution in [2.75, 3.05) is 27.9 Å². The Morgan fingerprint density at radius 2 is 1.81 bits per heavy atom. The zero-order valence-corrected chi connectivity index (χ0v) is 18.6. The van der Waals surface area contributed by atoms with Gasteiger partial charge in [-0.2, -0.15) is 0 Å². The van der Waals surface area contributed by atoms with E-state index in [1.165, 1.54) is 0 Å². The highest BCUT2D eigenvalue weighted by atomic mass is 16.5. The Balaban J connectivity index is 1.66. The smallest absolute Gasteiger partial charge is 0.272 e. The van der Waals surface area contributed by atoms with E-state index in [0.29, 0.717) is 22.9 Å². The van der Waals surface area contributed by atoms with Gasteiger partial charge in [-0.25, -0.2) is 9.50 Å². The van der Waals surface area contributed by atoms with Crippen molar-refractivity contribution >= 4 is 5.65 Å². The maximum absolute atomic E-state index is 12.5. The lowest BCUT2D eigenvalue weighted by Gasteiger charge is -2.35. The van der Waals surface area contributed by atoms with Gasteiger partial charge in [0.15, 0.2) is 17.1 Å². The van der Waals surface area contributed by atoms with Crippen LogP contribution in [0.4, 0.5) is 0 Å². The van der Waals surface area contributed by atoms with Gasteiger partial charge in [0.25, 0.3) is 5.56 Å². The first kappa shape index (κ1) is 21.2. The minimum absolute atomic E-state index is 0.0694. The summed E-state index contributed by atoms with van der Waals surface area (Å²) in [6.45, 7) is 3.71. The minimum atomic E-state index is -0.0694. The number of aromatic amines is 1. The molecule has 0 saturated carbocycles. The number of aromatic nitrogens is 3. The maximum Gasteiger partial charge on any atom is 0.272 e. The van der Waals surface area contributed by atoms with Crippen LogP contribution in [-0.4, -0.2) is 47.4 Å². The number of methoxy groups -OCH3 is 3. The Bertz CT molecular complexity index is 1100. The van der Waals surface area contributed by atoms with E-state index in [0.717, 1.165) is 55.7 Å². The van der Waals surface area contributed by atoms with Crippen LogP contribution in [0.3, 0.4) is 0 Å². The largest absolute Gasteiger partial charge is 0.493 e. The first-order chi connectivity index (χ1) is 15.1. The standard InChI is InChI=1S/C23H30N4O4/c1-5-16-12-22(28)27-21(24-16)13-17(25-27)18-8-6-7-9-26(18)14-15-10-19(29-2)23(31-4)20(11-15)30-3/h10-13,18,25H,5-9,14H2,1-4H3. The van der Waals surface area contributed by atoms with Crippen molar-refractivity contribution in [2.45, 2.75) is 45.2 Å². The molecule has 0 spiro atoms. The molecule has 1 aliphatic rings. The number of aryl methyl sites for hydroxylation is 1. The van der Waals surface area contributed by atoms with Crippen LogP contribution >= 0.6 is 0 Å². The van der Waals surface area contributed by atoms with Gasteiger partial charge in [-0.15, -0.1) is 0 Å².